The molecule has 0 aliphatic rings. The first-order valence-corrected chi connectivity index (χ1v) is 7.78. The van der Waals surface area contributed by atoms with Crippen molar-refractivity contribution in [1.82, 2.24) is 20.1 Å². The van der Waals surface area contributed by atoms with Crippen LogP contribution in [-0.4, -0.2) is 20.1 Å². The second-order valence-electron chi connectivity index (χ2n) is 4.00. The minimum absolute atomic E-state index is 0.0114. The van der Waals surface area contributed by atoms with Gasteiger partial charge in [-0.3, -0.25) is 0 Å². The summed E-state index contributed by atoms with van der Waals surface area (Å²) in [5.74, 6) is 0.973. The Morgan fingerprint density at radius 3 is 2.82 bits per heavy atom. The second-order valence-corrected chi connectivity index (χ2v) is 5.89. The third-order valence-electron chi connectivity index (χ3n) is 2.45. The molecule has 0 N–H and O–H groups in total. The Kier molecular flexibility index (Phi) is 4.12. The van der Waals surface area contributed by atoms with Crippen LogP contribution in [0.2, 0.25) is 0 Å². The van der Waals surface area contributed by atoms with Crippen molar-refractivity contribution in [3.05, 3.63) is 41.3 Å². The third kappa shape index (κ3) is 3.45. The van der Waals surface area contributed by atoms with E-state index >= 15 is 0 Å². The predicted molar refractivity (Wildman–Crippen MR) is 74.2 cm³/mol. The number of thiophene rings is 1. The molecule has 0 atom stereocenters. The van der Waals surface area contributed by atoms with Gasteiger partial charge in [0.05, 0.1) is 10.6 Å². The van der Waals surface area contributed by atoms with Crippen LogP contribution in [0.1, 0.15) is 11.5 Å². The molecular weight excluding hydrogens is 337 g/mol. The van der Waals surface area contributed by atoms with Gasteiger partial charge in [0.25, 0.3) is 5.89 Å². The van der Waals surface area contributed by atoms with Crippen LogP contribution in [-0.2, 0) is 11.9 Å². The van der Waals surface area contributed by atoms with E-state index in [2.05, 4.69) is 20.1 Å². The van der Waals surface area contributed by atoms with Gasteiger partial charge in [-0.05, 0) is 17.5 Å². The van der Waals surface area contributed by atoms with Crippen molar-refractivity contribution >= 4 is 23.1 Å². The van der Waals surface area contributed by atoms with Gasteiger partial charge in [0, 0.05) is 6.20 Å². The molecule has 0 spiro atoms. The number of hydrogen-bond acceptors (Lipinski definition) is 7. The predicted octanol–water partition coefficient (Wildman–Crippen LogP) is 3.90. The first-order valence-electron chi connectivity index (χ1n) is 5.92. The number of alkyl halides is 3. The summed E-state index contributed by atoms with van der Waals surface area (Å²) in [6.07, 6.45) is -3.41. The summed E-state index contributed by atoms with van der Waals surface area (Å²) < 4.78 is 42.8. The molecule has 0 unspecified atom stereocenters. The highest BCUT2D eigenvalue weighted by Gasteiger charge is 2.32. The molecule has 0 saturated heterocycles. The molecule has 0 aliphatic carbocycles. The molecule has 0 aliphatic heterocycles. The Bertz CT molecular complexity index is 758. The average molecular weight is 344 g/mol. The van der Waals surface area contributed by atoms with E-state index in [1.807, 2.05) is 17.5 Å². The summed E-state index contributed by atoms with van der Waals surface area (Å²) in [6.45, 7) is 0. The molecule has 5 nitrogen and oxygen atoms in total. The summed E-state index contributed by atoms with van der Waals surface area (Å²) >= 11 is 2.47. The maximum Gasteiger partial charge on any atom is 0.433 e. The van der Waals surface area contributed by atoms with Gasteiger partial charge in [-0.25, -0.2) is 9.97 Å². The van der Waals surface area contributed by atoms with Crippen LogP contribution in [0.15, 0.2) is 39.5 Å². The summed E-state index contributed by atoms with van der Waals surface area (Å²) in [7, 11) is 0. The van der Waals surface area contributed by atoms with Crippen molar-refractivity contribution < 1.29 is 17.7 Å². The number of rotatable bonds is 4. The van der Waals surface area contributed by atoms with Crippen LogP contribution in [0.5, 0.6) is 0 Å². The van der Waals surface area contributed by atoms with Crippen molar-refractivity contribution in [2.45, 2.75) is 17.1 Å². The van der Waals surface area contributed by atoms with Crippen molar-refractivity contribution in [3.63, 3.8) is 0 Å². The zero-order valence-electron chi connectivity index (χ0n) is 10.7. The van der Waals surface area contributed by atoms with E-state index in [4.69, 9.17) is 4.52 Å². The first-order chi connectivity index (χ1) is 10.5. The average Bonchev–Trinajstić information content (AvgIpc) is 3.15. The van der Waals surface area contributed by atoms with Gasteiger partial charge in [0.1, 0.15) is 5.69 Å². The Morgan fingerprint density at radius 1 is 1.23 bits per heavy atom. The number of nitrogens with zero attached hydrogens (tertiary/aromatic N) is 4. The minimum Gasteiger partial charge on any atom is -0.333 e. The smallest absolute Gasteiger partial charge is 0.333 e. The van der Waals surface area contributed by atoms with Crippen LogP contribution >= 0.6 is 23.1 Å². The van der Waals surface area contributed by atoms with E-state index in [1.165, 1.54) is 11.3 Å². The van der Waals surface area contributed by atoms with Crippen LogP contribution in [0.3, 0.4) is 0 Å². The molecule has 3 rings (SSSR count). The molecule has 0 bridgehead atoms. The lowest BCUT2D eigenvalue weighted by Gasteiger charge is -2.05. The van der Waals surface area contributed by atoms with E-state index in [0.29, 0.717) is 11.7 Å². The fourth-order valence-electron chi connectivity index (χ4n) is 1.51. The summed E-state index contributed by atoms with van der Waals surface area (Å²) in [6, 6.07) is 4.52. The van der Waals surface area contributed by atoms with Gasteiger partial charge in [0.15, 0.2) is 11.0 Å². The lowest BCUT2D eigenvalue weighted by atomic mass is 10.4. The standard InChI is InChI=1S/C12H7F3N4OS2/c13-12(14,15)8-3-4-16-11(17-8)22-6-9-18-10(20-19-9)7-2-1-5-21-7/h1-5H,6H2. The molecule has 3 heterocycles. The lowest BCUT2D eigenvalue weighted by Crippen LogP contribution is -2.08. The van der Waals surface area contributed by atoms with Crippen LogP contribution in [0.4, 0.5) is 13.2 Å². The summed E-state index contributed by atoms with van der Waals surface area (Å²) in [4.78, 5) is 12.3. The van der Waals surface area contributed by atoms with Gasteiger partial charge in [0.2, 0.25) is 0 Å². The molecule has 3 aromatic rings. The van der Waals surface area contributed by atoms with Crippen molar-refractivity contribution in [2.75, 3.05) is 0 Å². The molecule has 22 heavy (non-hydrogen) atoms. The van der Waals surface area contributed by atoms with Crippen LogP contribution < -0.4 is 0 Å². The molecule has 3 aromatic heterocycles. The molecule has 0 radical (unpaired) electrons. The quantitative estimate of drug-likeness (QED) is 0.528. The molecule has 0 saturated carbocycles. The first kappa shape index (κ1) is 15.0. The fraction of sp³-hybridized carbons (Fsp3) is 0.167. The van der Waals surface area contributed by atoms with Crippen molar-refractivity contribution in [3.8, 4) is 10.8 Å². The molecule has 0 fully saturated rings. The zero-order valence-corrected chi connectivity index (χ0v) is 12.4. The summed E-state index contributed by atoms with van der Waals surface area (Å²) in [5.41, 5.74) is -0.975. The van der Waals surface area contributed by atoms with Gasteiger partial charge in [-0.15, -0.1) is 11.3 Å². The summed E-state index contributed by atoms with van der Waals surface area (Å²) in [5, 5.41) is 5.67. The SMILES string of the molecule is FC(F)(F)c1ccnc(SCc2noc(-c3cccs3)n2)n1. The maximum absolute atomic E-state index is 12.6. The van der Waals surface area contributed by atoms with Crippen molar-refractivity contribution in [2.24, 2.45) is 0 Å². The largest absolute Gasteiger partial charge is 0.433 e. The highest BCUT2D eigenvalue weighted by molar-refractivity contribution is 7.98. The van der Waals surface area contributed by atoms with Gasteiger partial charge >= 0.3 is 6.18 Å². The van der Waals surface area contributed by atoms with Crippen LogP contribution in [0.25, 0.3) is 10.8 Å². The topological polar surface area (TPSA) is 64.7 Å². The fourth-order valence-corrected chi connectivity index (χ4v) is 2.83. The van der Waals surface area contributed by atoms with E-state index in [1.54, 1.807) is 0 Å². The maximum atomic E-state index is 12.6. The highest BCUT2D eigenvalue weighted by atomic mass is 32.2. The van der Waals surface area contributed by atoms with E-state index in [-0.39, 0.29) is 10.9 Å². The van der Waals surface area contributed by atoms with Crippen LogP contribution in [0, 0.1) is 0 Å². The van der Waals surface area contributed by atoms with E-state index < -0.39 is 11.9 Å². The Hall–Kier alpha value is -1.94. The lowest BCUT2D eigenvalue weighted by molar-refractivity contribution is -0.141. The number of thioether (sulfide) groups is 1. The van der Waals surface area contributed by atoms with E-state index in [0.717, 1.165) is 28.9 Å². The second kappa shape index (κ2) is 6.05. The third-order valence-corrected chi connectivity index (χ3v) is 4.17. The number of aromatic nitrogens is 4. The number of hydrogen-bond donors (Lipinski definition) is 0. The van der Waals surface area contributed by atoms with Gasteiger partial charge < -0.3 is 4.52 Å². The highest BCUT2D eigenvalue weighted by Crippen LogP contribution is 2.29. The molecule has 10 heteroatoms. The van der Waals surface area contributed by atoms with Gasteiger partial charge in [-0.2, -0.15) is 18.2 Å². The zero-order chi connectivity index (χ0) is 15.6. The monoisotopic (exact) mass is 344 g/mol. The Balaban J connectivity index is 1.68. The molecular formula is C12H7F3N4OS2. The Labute approximate surface area is 130 Å². The molecule has 114 valence electrons. The molecule has 0 aromatic carbocycles. The number of halogens is 3. The normalized spacial score (nSPS) is 11.8. The molecule has 0 amide bonds. The Morgan fingerprint density at radius 2 is 2.09 bits per heavy atom. The van der Waals surface area contributed by atoms with Gasteiger partial charge in [-0.1, -0.05) is 23.0 Å². The minimum atomic E-state index is -4.49. The van der Waals surface area contributed by atoms with Crippen molar-refractivity contribution in [1.29, 1.82) is 0 Å². The van der Waals surface area contributed by atoms with E-state index in [9.17, 15) is 13.2 Å².